The molecule has 0 unspecified atom stereocenters. The Kier molecular flexibility index (Phi) is 5.97. The minimum Gasteiger partial charge on any atom is -0.482 e. The van der Waals surface area contributed by atoms with E-state index in [0.717, 1.165) is 17.2 Å². The smallest absolute Gasteiger partial charge is 0.344 e. The Balaban J connectivity index is 1.78. The number of esters is 1. The van der Waals surface area contributed by atoms with E-state index in [1.165, 1.54) is 0 Å². The van der Waals surface area contributed by atoms with Gasteiger partial charge in [0, 0.05) is 6.04 Å². The Morgan fingerprint density at radius 3 is 2.57 bits per heavy atom. The van der Waals surface area contributed by atoms with Crippen LogP contribution in [0.4, 0.5) is 0 Å². The highest BCUT2D eigenvalue weighted by atomic mass is 16.6. The van der Waals surface area contributed by atoms with Crippen LogP contribution in [0.3, 0.4) is 0 Å². The highest BCUT2D eigenvalue weighted by Gasteiger charge is 2.10. The molecular weight excluding hydrogens is 294 g/mol. The molecule has 1 atom stereocenters. The zero-order chi connectivity index (χ0) is 16.7. The first-order valence-corrected chi connectivity index (χ1v) is 7.65. The molecule has 1 amide bonds. The molecule has 0 spiro atoms. The first-order chi connectivity index (χ1) is 11.1. The van der Waals surface area contributed by atoms with Crippen molar-refractivity contribution in [2.75, 3.05) is 13.2 Å². The lowest BCUT2D eigenvalue weighted by molar-refractivity contribution is -0.150. The molecule has 5 heteroatoms. The molecule has 23 heavy (non-hydrogen) atoms. The van der Waals surface area contributed by atoms with Crippen molar-refractivity contribution in [3.05, 3.63) is 42.5 Å². The van der Waals surface area contributed by atoms with Crippen LogP contribution in [0.15, 0.2) is 42.5 Å². The average molecular weight is 315 g/mol. The zero-order valence-electron chi connectivity index (χ0n) is 13.4. The number of ether oxygens (including phenoxy) is 2. The summed E-state index contributed by atoms with van der Waals surface area (Å²) in [5.41, 5.74) is 0. The lowest BCUT2D eigenvalue weighted by Gasteiger charge is -2.11. The number of carbonyl (C=O) groups is 2. The summed E-state index contributed by atoms with van der Waals surface area (Å²) in [7, 11) is 0. The summed E-state index contributed by atoms with van der Waals surface area (Å²) in [5.74, 6) is -0.291. The van der Waals surface area contributed by atoms with Crippen LogP contribution in [-0.4, -0.2) is 31.1 Å². The van der Waals surface area contributed by atoms with Gasteiger partial charge < -0.3 is 14.8 Å². The van der Waals surface area contributed by atoms with Crippen LogP contribution in [0.1, 0.15) is 20.3 Å². The summed E-state index contributed by atoms with van der Waals surface area (Å²) in [5, 5.41) is 4.86. The fraction of sp³-hybridized carbons (Fsp3) is 0.333. The van der Waals surface area contributed by atoms with E-state index in [2.05, 4.69) is 5.32 Å². The van der Waals surface area contributed by atoms with E-state index in [-0.39, 0.29) is 25.2 Å². The molecule has 0 aromatic heterocycles. The molecule has 0 fully saturated rings. The van der Waals surface area contributed by atoms with Crippen molar-refractivity contribution in [2.45, 2.75) is 26.3 Å². The van der Waals surface area contributed by atoms with Gasteiger partial charge in [-0.05, 0) is 36.2 Å². The maximum Gasteiger partial charge on any atom is 0.344 e. The van der Waals surface area contributed by atoms with Gasteiger partial charge in [0.25, 0.3) is 5.91 Å². The van der Waals surface area contributed by atoms with Crippen molar-refractivity contribution in [3.63, 3.8) is 0 Å². The maximum atomic E-state index is 11.6. The predicted octanol–water partition coefficient (Wildman–Crippen LogP) is 2.68. The van der Waals surface area contributed by atoms with E-state index >= 15 is 0 Å². The standard InChI is InChI=1S/C18H21NO4/c1-3-13(2)19-17(20)11-23-18(21)12-22-16-9-8-14-6-4-5-7-15(14)10-16/h4-10,13H,3,11-12H2,1-2H3,(H,19,20)/t13-/m1/s1. The van der Waals surface area contributed by atoms with Crippen molar-refractivity contribution in [1.29, 1.82) is 0 Å². The van der Waals surface area contributed by atoms with E-state index in [0.29, 0.717) is 5.75 Å². The molecule has 0 saturated carbocycles. The summed E-state index contributed by atoms with van der Waals surface area (Å²) in [6.45, 7) is 3.34. The van der Waals surface area contributed by atoms with Crippen molar-refractivity contribution < 1.29 is 19.1 Å². The third-order valence-corrected chi connectivity index (χ3v) is 3.46. The Bertz CT molecular complexity index is 684. The number of rotatable bonds is 7. The Hall–Kier alpha value is -2.56. The SMILES string of the molecule is CC[C@@H](C)NC(=O)COC(=O)COc1ccc2ccccc2c1. The Morgan fingerprint density at radius 2 is 1.83 bits per heavy atom. The number of carbonyl (C=O) groups excluding carboxylic acids is 2. The van der Waals surface area contributed by atoms with Gasteiger partial charge in [0.05, 0.1) is 0 Å². The molecule has 0 heterocycles. The van der Waals surface area contributed by atoms with Crippen LogP contribution in [0.25, 0.3) is 10.8 Å². The van der Waals surface area contributed by atoms with Gasteiger partial charge in [-0.1, -0.05) is 37.3 Å². The van der Waals surface area contributed by atoms with Crippen molar-refractivity contribution in [1.82, 2.24) is 5.32 Å². The van der Waals surface area contributed by atoms with Crippen LogP contribution in [0.2, 0.25) is 0 Å². The summed E-state index contributed by atoms with van der Waals surface area (Å²) < 4.78 is 10.3. The van der Waals surface area contributed by atoms with Crippen molar-refractivity contribution in [3.8, 4) is 5.75 Å². The van der Waals surface area contributed by atoms with Crippen LogP contribution < -0.4 is 10.1 Å². The van der Waals surface area contributed by atoms with Crippen LogP contribution >= 0.6 is 0 Å². The molecule has 0 aliphatic rings. The number of hydrogen-bond donors (Lipinski definition) is 1. The minimum absolute atomic E-state index is 0.0649. The van der Waals surface area contributed by atoms with Crippen molar-refractivity contribution in [2.24, 2.45) is 0 Å². The van der Waals surface area contributed by atoms with Crippen LogP contribution in [0, 0.1) is 0 Å². The third-order valence-electron chi connectivity index (χ3n) is 3.46. The summed E-state index contributed by atoms with van der Waals surface area (Å²) in [6.07, 6.45) is 0.824. The molecule has 122 valence electrons. The van der Waals surface area contributed by atoms with E-state index in [9.17, 15) is 9.59 Å². The lowest BCUT2D eigenvalue weighted by atomic mass is 10.1. The van der Waals surface area contributed by atoms with E-state index < -0.39 is 5.97 Å². The predicted molar refractivity (Wildman–Crippen MR) is 88.3 cm³/mol. The molecule has 2 aromatic rings. The van der Waals surface area contributed by atoms with E-state index in [1.54, 1.807) is 6.07 Å². The maximum absolute atomic E-state index is 11.6. The van der Waals surface area contributed by atoms with Gasteiger partial charge >= 0.3 is 5.97 Å². The molecule has 0 radical (unpaired) electrons. The molecule has 2 aromatic carbocycles. The van der Waals surface area contributed by atoms with Crippen LogP contribution in [0.5, 0.6) is 5.75 Å². The van der Waals surface area contributed by atoms with Gasteiger partial charge in [0.2, 0.25) is 0 Å². The fourth-order valence-corrected chi connectivity index (χ4v) is 2.01. The second kappa shape index (κ2) is 8.17. The van der Waals surface area contributed by atoms with E-state index in [4.69, 9.17) is 9.47 Å². The normalized spacial score (nSPS) is 11.7. The molecular formula is C18H21NO4. The largest absolute Gasteiger partial charge is 0.482 e. The second-order valence-corrected chi connectivity index (χ2v) is 5.34. The summed E-state index contributed by atoms with van der Waals surface area (Å²) >= 11 is 0. The van der Waals surface area contributed by atoms with Crippen LogP contribution in [-0.2, 0) is 14.3 Å². The first-order valence-electron chi connectivity index (χ1n) is 7.65. The first kappa shape index (κ1) is 16.8. The fourth-order valence-electron chi connectivity index (χ4n) is 2.01. The molecule has 5 nitrogen and oxygen atoms in total. The van der Waals surface area contributed by atoms with Gasteiger partial charge in [-0.2, -0.15) is 0 Å². The third kappa shape index (κ3) is 5.29. The van der Waals surface area contributed by atoms with E-state index in [1.807, 2.05) is 50.2 Å². The Morgan fingerprint density at radius 1 is 1.09 bits per heavy atom. The number of fused-ring (bicyclic) bond motifs is 1. The summed E-state index contributed by atoms with van der Waals surface area (Å²) in [4.78, 5) is 23.1. The number of hydrogen-bond acceptors (Lipinski definition) is 4. The quantitative estimate of drug-likeness (QED) is 0.798. The van der Waals surface area contributed by atoms with Gasteiger partial charge in [-0.3, -0.25) is 4.79 Å². The van der Waals surface area contributed by atoms with Gasteiger partial charge in [0.1, 0.15) is 5.75 Å². The highest BCUT2D eigenvalue weighted by Crippen LogP contribution is 2.20. The number of benzene rings is 2. The van der Waals surface area contributed by atoms with Gasteiger partial charge in [-0.25, -0.2) is 4.79 Å². The number of nitrogens with one attached hydrogen (secondary N) is 1. The second-order valence-electron chi connectivity index (χ2n) is 5.34. The number of amides is 1. The minimum atomic E-state index is -0.572. The monoisotopic (exact) mass is 315 g/mol. The average Bonchev–Trinajstić information content (AvgIpc) is 2.57. The topological polar surface area (TPSA) is 64.6 Å². The van der Waals surface area contributed by atoms with Crippen molar-refractivity contribution >= 4 is 22.6 Å². The Labute approximate surface area is 135 Å². The lowest BCUT2D eigenvalue weighted by Crippen LogP contribution is -2.35. The summed E-state index contributed by atoms with van der Waals surface area (Å²) in [6, 6.07) is 13.5. The molecule has 1 N–H and O–H groups in total. The molecule has 2 rings (SSSR count). The zero-order valence-corrected chi connectivity index (χ0v) is 13.4. The van der Waals surface area contributed by atoms with Gasteiger partial charge in [0.15, 0.2) is 13.2 Å². The molecule has 0 aliphatic carbocycles. The highest BCUT2D eigenvalue weighted by molar-refractivity contribution is 5.84. The molecule has 0 bridgehead atoms. The molecule has 0 saturated heterocycles. The van der Waals surface area contributed by atoms with Gasteiger partial charge in [-0.15, -0.1) is 0 Å². The molecule has 0 aliphatic heterocycles.